The molecule has 2 aromatic heterocycles. The first-order valence-corrected chi connectivity index (χ1v) is 4.99. The molecule has 90 valence electrons. The Hall–Kier alpha value is -2.38. The van der Waals surface area contributed by atoms with Crippen LogP contribution >= 0.6 is 0 Å². The van der Waals surface area contributed by atoms with Gasteiger partial charge in [-0.15, -0.1) is 0 Å². The van der Waals surface area contributed by atoms with Gasteiger partial charge in [0.2, 0.25) is 5.89 Å². The standard InChI is InChI=1S/C9H12N6O2/c1-15-8(6(10)4-13-15)9(16)11-3-2-7-12-5-14-17-7/h4-5H,2-3,10H2,1H3,(H,11,16). The third kappa shape index (κ3) is 2.41. The van der Waals surface area contributed by atoms with Gasteiger partial charge in [-0.25, -0.2) is 0 Å². The Morgan fingerprint density at radius 3 is 3.06 bits per heavy atom. The van der Waals surface area contributed by atoms with E-state index in [4.69, 9.17) is 10.3 Å². The number of nitrogens with one attached hydrogen (secondary N) is 1. The van der Waals surface area contributed by atoms with Crippen molar-refractivity contribution in [2.24, 2.45) is 7.05 Å². The number of carbonyl (C=O) groups excluding carboxylic acids is 1. The summed E-state index contributed by atoms with van der Waals surface area (Å²) in [6.45, 7) is 0.394. The van der Waals surface area contributed by atoms with Gasteiger partial charge in [-0.2, -0.15) is 10.1 Å². The number of nitrogens with zero attached hydrogens (tertiary/aromatic N) is 4. The van der Waals surface area contributed by atoms with Crippen LogP contribution in [-0.2, 0) is 13.5 Å². The van der Waals surface area contributed by atoms with Crippen molar-refractivity contribution >= 4 is 11.6 Å². The van der Waals surface area contributed by atoms with Crippen molar-refractivity contribution < 1.29 is 9.32 Å². The van der Waals surface area contributed by atoms with Crippen molar-refractivity contribution in [2.75, 3.05) is 12.3 Å². The lowest BCUT2D eigenvalue weighted by Gasteiger charge is -2.04. The van der Waals surface area contributed by atoms with Crippen LogP contribution in [0.5, 0.6) is 0 Å². The zero-order valence-electron chi connectivity index (χ0n) is 9.25. The van der Waals surface area contributed by atoms with Gasteiger partial charge < -0.3 is 15.6 Å². The predicted molar refractivity (Wildman–Crippen MR) is 58.0 cm³/mol. The molecule has 0 aliphatic heterocycles. The quantitative estimate of drug-likeness (QED) is 0.730. The molecule has 0 atom stereocenters. The van der Waals surface area contributed by atoms with Crippen LogP contribution in [-0.4, -0.2) is 32.4 Å². The Morgan fingerprint density at radius 1 is 1.65 bits per heavy atom. The summed E-state index contributed by atoms with van der Waals surface area (Å²) in [5.41, 5.74) is 6.32. The first-order chi connectivity index (χ1) is 8.18. The molecule has 8 heteroatoms. The second kappa shape index (κ2) is 4.64. The molecule has 0 aromatic carbocycles. The average Bonchev–Trinajstić information content (AvgIpc) is 2.89. The molecular formula is C9H12N6O2. The van der Waals surface area contributed by atoms with Crippen LogP contribution in [0.15, 0.2) is 17.0 Å². The first-order valence-electron chi connectivity index (χ1n) is 4.99. The molecule has 0 spiro atoms. The molecule has 0 aliphatic rings. The van der Waals surface area contributed by atoms with Gasteiger partial charge in [0.25, 0.3) is 5.91 Å². The summed E-state index contributed by atoms with van der Waals surface area (Å²) in [6, 6.07) is 0. The molecule has 0 saturated carbocycles. The zero-order valence-corrected chi connectivity index (χ0v) is 9.25. The maximum absolute atomic E-state index is 11.8. The average molecular weight is 236 g/mol. The number of rotatable bonds is 4. The van der Waals surface area contributed by atoms with Gasteiger partial charge in [0.1, 0.15) is 5.69 Å². The van der Waals surface area contributed by atoms with E-state index in [9.17, 15) is 4.79 Å². The zero-order chi connectivity index (χ0) is 12.3. The van der Waals surface area contributed by atoms with Crippen LogP contribution < -0.4 is 11.1 Å². The number of hydrogen-bond acceptors (Lipinski definition) is 6. The fraction of sp³-hybridized carbons (Fsp3) is 0.333. The van der Waals surface area contributed by atoms with Gasteiger partial charge in [0.05, 0.1) is 11.9 Å². The fourth-order valence-corrected chi connectivity index (χ4v) is 1.41. The fourth-order valence-electron chi connectivity index (χ4n) is 1.41. The Labute approximate surface area is 96.8 Å². The van der Waals surface area contributed by atoms with Crippen LogP contribution in [0.4, 0.5) is 5.69 Å². The first kappa shape index (κ1) is 11.1. The lowest BCUT2D eigenvalue weighted by atomic mass is 10.3. The third-order valence-corrected chi connectivity index (χ3v) is 2.21. The van der Waals surface area contributed by atoms with E-state index in [1.807, 2.05) is 0 Å². The second-order valence-electron chi connectivity index (χ2n) is 3.41. The lowest BCUT2D eigenvalue weighted by Crippen LogP contribution is -2.28. The summed E-state index contributed by atoms with van der Waals surface area (Å²) in [7, 11) is 1.66. The molecule has 0 unspecified atom stereocenters. The predicted octanol–water partition coefficient (Wildman–Crippen LogP) is -0.642. The number of hydrogen-bond donors (Lipinski definition) is 2. The SMILES string of the molecule is Cn1ncc(N)c1C(=O)NCCc1ncno1. The Bertz CT molecular complexity index is 484. The number of aromatic nitrogens is 4. The van der Waals surface area contributed by atoms with Crippen LogP contribution in [0.3, 0.4) is 0 Å². The summed E-state index contributed by atoms with van der Waals surface area (Å²) < 4.78 is 6.23. The van der Waals surface area contributed by atoms with Gasteiger partial charge in [0.15, 0.2) is 6.33 Å². The third-order valence-electron chi connectivity index (χ3n) is 2.21. The minimum absolute atomic E-state index is 0.276. The molecular weight excluding hydrogens is 224 g/mol. The highest BCUT2D eigenvalue weighted by Crippen LogP contribution is 2.08. The molecule has 3 N–H and O–H groups in total. The smallest absolute Gasteiger partial charge is 0.271 e. The number of carbonyl (C=O) groups is 1. The molecule has 17 heavy (non-hydrogen) atoms. The van der Waals surface area contributed by atoms with E-state index in [2.05, 4.69) is 20.6 Å². The minimum Gasteiger partial charge on any atom is -0.396 e. The van der Waals surface area contributed by atoms with Crippen molar-refractivity contribution in [1.29, 1.82) is 0 Å². The Balaban J connectivity index is 1.90. The summed E-state index contributed by atoms with van der Waals surface area (Å²) in [5.74, 6) is 0.199. The molecule has 2 rings (SSSR count). The largest absolute Gasteiger partial charge is 0.396 e. The number of nitrogen functional groups attached to an aromatic ring is 1. The molecule has 0 fully saturated rings. The molecule has 0 saturated heterocycles. The van der Waals surface area contributed by atoms with Crippen LogP contribution in [0.25, 0.3) is 0 Å². The monoisotopic (exact) mass is 236 g/mol. The van der Waals surface area contributed by atoms with E-state index in [-0.39, 0.29) is 5.91 Å². The molecule has 0 radical (unpaired) electrons. The molecule has 0 aliphatic carbocycles. The summed E-state index contributed by atoms with van der Waals surface area (Å²) >= 11 is 0. The Kier molecular flexibility index (Phi) is 3.03. The maximum atomic E-state index is 11.8. The van der Waals surface area contributed by atoms with E-state index in [0.29, 0.717) is 30.2 Å². The van der Waals surface area contributed by atoms with Crippen molar-refractivity contribution in [1.82, 2.24) is 25.2 Å². The van der Waals surface area contributed by atoms with Gasteiger partial charge in [-0.05, 0) is 0 Å². The number of amides is 1. The molecule has 1 amide bonds. The molecule has 2 aromatic rings. The Morgan fingerprint density at radius 2 is 2.47 bits per heavy atom. The molecule has 2 heterocycles. The van der Waals surface area contributed by atoms with Gasteiger partial charge in [-0.3, -0.25) is 9.48 Å². The summed E-state index contributed by atoms with van der Waals surface area (Å²) in [5, 5.41) is 10.0. The van der Waals surface area contributed by atoms with E-state index < -0.39 is 0 Å². The van der Waals surface area contributed by atoms with Crippen molar-refractivity contribution in [3.05, 3.63) is 24.1 Å². The van der Waals surface area contributed by atoms with Crippen molar-refractivity contribution in [2.45, 2.75) is 6.42 Å². The maximum Gasteiger partial charge on any atom is 0.271 e. The number of aryl methyl sites for hydroxylation is 1. The van der Waals surface area contributed by atoms with Crippen LogP contribution in [0, 0.1) is 0 Å². The van der Waals surface area contributed by atoms with Crippen molar-refractivity contribution in [3.8, 4) is 0 Å². The number of nitrogens with two attached hydrogens (primary N) is 1. The normalized spacial score (nSPS) is 10.4. The van der Waals surface area contributed by atoms with Gasteiger partial charge >= 0.3 is 0 Å². The van der Waals surface area contributed by atoms with Crippen LogP contribution in [0.1, 0.15) is 16.4 Å². The second-order valence-corrected chi connectivity index (χ2v) is 3.41. The van der Waals surface area contributed by atoms with E-state index >= 15 is 0 Å². The van der Waals surface area contributed by atoms with Gasteiger partial charge in [0, 0.05) is 20.0 Å². The topological polar surface area (TPSA) is 112 Å². The highest BCUT2D eigenvalue weighted by atomic mass is 16.5. The minimum atomic E-state index is -0.276. The highest BCUT2D eigenvalue weighted by molar-refractivity contribution is 5.97. The van der Waals surface area contributed by atoms with E-state index in [1.54, 1.807) is 7.05 Å². The highest BCUT2D eigenvalue weighted by Gasteiger charge is 2.14. The van der Waals surface area contributed by atoms with E-state index in [0.717, 1.165) is 0 Å². The number of anilines is 1. The molecule has 8 nitrogen and oxygen atoms in total. The van der Waals surface area contributed by atoms with E-state index in [1.165, 1.54) is 17.2 Å². The van der Waals surface area contributed by atoms with Crippen molar-refractivity contribution in [3.63, 3.8) is 0 Å². The summed E-state index contributed by atoms with van der Waals surface area (Å²) in [4.78, 5) is 15.6. The lowest BCUT2D eigenvalue weighted by molar-refractivity contribution is 0.0945. The van der Waals surface area contributed by atoms with Gasteiger partial charge in [-0.1, -0.05) is 5.16 Å². The van der Waals surface area contributed by atoms with Crippen LogP contribution in [0.2, 0.25) is 0 Å². The summed E-state index contributed by atoms with van der Waals surface area (Å²) in [6.07, 6.45) is 3.23. The molecule has 0 bridgehead atoms.